The van der Waals surface area contributed by atoms with E-state index in [-0.39, 0.29) is 17.5 Å². The number of nitrogens with one attached hydrogen (secondary N) is 2. The first-order valence-electron chi connectivity index (χ1n) is 11.2. The Balaban J connectivity index is 1.44. The third-order valence-electron chi connectivity index (χ3n) is 5.95. The number of alkyl halides is 3. The molecule has 0 atom stereocenters. The number of anilines is 2. The molecule has 2 heterocycles. The molecule has 4 rings (SSSR count). The normalized spacial score (nSPS) is 18.0. The van der Waals surface area contributed by atoms with Crippen molar-refractivity contribution in [2.75, 3.05) is 11.9 Å². The van der Waals surface area contributed by atoms with Gasteiger partial charge in [-0.05, 0) is 50.3 Å². The van der Waals surface area contributed by atoms with Crippen LogP contribution >= 0.6 is 0 Å². The number of benzene rings is 1. The highest BCUT2D eigenvalue weighted by molar-refractivity contribution is 5.94. The van der Waals surface area contributed by atoms with E-state index < -0.39 is 18.6 Å². The van der Waals surface area contributed by atoms with E-state index in [9.17, 15) is 18.0 Å². The molecule has 1 aliphatic carbocycles. The summed E-state index contributed by atoms with van der Waals surface area (Å²) in [5.41, 5.74) is 2.99. The Morgan fingerprint density at radius 3 is 2.54 bits per heavy atom. The third-order valence-corrected chi connectivity index (χ3v) is 5.95. The Kier molecular flexibility index (Phi) is 7.00. The number of nitrogens with zero attached hydrogens (tertiary/aromatic N) is 5. The Bertz CT molecular complexity index is 1220. The van der Waals surface area contributed by atoms with Crippen LogP contribution in [0.25, 0.3) is 11.3 Å². The molecule has 1 amide bonds. The van der Waals surface area contributed by atoms with Crippen LogP contribution in [0.1, 0.15) is 47.6 Å². The smallest absolute Gasteiger partial charge is 0.343 e. The van der Waals surface area contributed by atoms with Gasteiger partial charge in [-0.15, -0.1) is 0 Å². The summed E-state index contributed by atoms with van der Waals surface area (Å²) in [5, 5.41) is 18.5. The highest BCUT2D eigenvalue weighted by Gasteiger charge is 2.28. The molecule has 1 saturated carbocycles. The maximum atomic E-state index is 12.3. The fraction of sp³-hybridized carbons (Fsp3) is 0.375. The molecule has 0 radical (unpaired) electrons. The fourth-order valence-corrected chi connectivity index (χ4v) is 4.06. The molecular weight excluding hydrogens is 459 g/mol. The van der Waals surface area contributed by atoms with Crippen molar-refractivity contribution in [3.05, 3.63) is 54.0 Å². The second-order valence-corrected chi connectivity index (χ2v) is 8.57. The summed E-state index contributed by atoms with van der Waals surface area (Å²) < 4.78 is 38.9. The first-order valence-corrected chi connectivity index (χ1v) is 11.2. The van der Waals surface area contributed by atoms with Gasteiger partial charge in [-0.3, -0.25) is 9.48 Å². The van der Waals surface area contributed by atoms with Gasteiger partial charge in [0.1, 0.15) is 6.54 Å². The Labute approximate surface area is 200 Å². The number of carbonyl (C=O) groups is 1. The number of rotatable bonds is 6. The van der Waals surface area contributed by atoms with E-state index in [4.69, 9.17) is 5.26 Å². The van der Waals surface area contributed by atoms with Crippen molar-refractivity contribution in [2.24, 2.45) is 5.92 Å². The first kappa shape index (κ1) is 24.2. The number of aryl methyl sites for hydroxylation is 1. The molecule has 0 aliphatic heterocycles. The van der Waals surface area contributed by atoms with Gasteiger partial charge in [0, 0.05) is 29.4 Å². The number of hydrogen-bond acceptors (Lipinski definition) is 6. The van der Waals surface area contributed by atoms with Crippen molar-refractivity contribution in [2.45, 2.75) is 44.8 Å². The van der Waals surface area contributed by atoms with E-state index in [1.165, 1.54) is 12.1 Å². The zero-order valence-electron chi connectivity index (χ0n) is 19.0. The molecule has 3 aromatic rings. The average molecular weight is 483 g/mol. The van der Waals surface area contributed by atoms with Gasteiger partial charge in [0.15, 0.2) is 0 Å². The molecule has 0 unspecified atom stereocenters. The molecule has 1 aromatic carbocycles. The van der Waals surface area contributed by atoms with Crippen molar-refractivity contribution in [3.63, 3.8) is 0 Å². The van der Waals surface area contributed by atoms with Gasteiger partial charge in [-0.2, -0.15) is 23.5 Å². The number of carbonyl (C=O) groups excluding carboxylic acids is 1. The van der Waals surface area contributed by atoms with E-state index >= 15 is 0 Å². The molecular formula is C24H24F3N7O. The summed E-state index contributed by atoms with van der Waals surface area (Å²) in [6.45, 7) is 0.462. The van der Waals surface area contributed by atoms with E-state index in [1.54, 1.807) is 24.5 Å². The summed E-state index contributed by atoms with van der Waals surface area (Å²) in [6.07, 6.45) is 4.37. The Morgan fingerprint density at radius 2 is 1.89 bits per heavy atom. The van der Waals surface area contributed by atoms with Gasteiger partial charge in [0.05, 0.1) is 29.7 Å². The number of halogens is 3. The molecule has 0 spiro atoms. The fourth-order valence-electron chi connectivity index (χ4n) is 4.06. The van der Waals surface area contributed by atoms with Crippen LogP contribution in [0.2, 0.25) is 0 Å². The van der Waals surface area contributed by atoms with Crippen LogP contribution < -0.4 is 10.6 Å². The molecule has 1 fully saturated rings. The van der Waals surface area contributed by atoms with Crippen LogP contribution in [-0.2, 0) is 0 Å². The highest BCUT2D eigenvalue weighted by Crippen LogP contribution is 2.32. The number of hydrogen-bond donors (Lipinski definition) is 2. The van der Waals surface area contributed by atoms with Crippen LogP contribution in [-0.4, -0.2) is 38.4 Å². The SMILES string of the molecule is Cc1cnc(Nc2cnn([C@H]3CC[C@H](C#N)CC3)c2)nc1-c1ccc(C(=O)NCC(F)(F)F)cc1. The lowest BCUT2D eigenvalue weighted by molar-refractivity contribution is -0.123. The monoisotopic (exact) mass is 483 g/mol. The number of nitriles is 1. The summed E-state index contributed by atoms with van der Waals surface area (Å²) >= 11 is 0. The van der Waals surface area contributed by atoms with Crippen molar-refractivity contribution >= 4 is 17.5 Å². The second-order valence-electron chi connectivity index (χ2n) is 8.57. The minimum absolute atomic E-state index is 0.124. The largest absolute Gasteiger partial charge is 0.405 e. The van der Waals surface area contributed by atoms with Gasteiger partial charge < -0.3 is 10.6 Å². The lowest BCUT2D eigenvalue weighted by atomic mass is 9.87. The summed E-state index contributed by atoms with van der Waals surface area (Å²) in [6, 6.07) is 8.79. The molecule has 35 heavy (non-hydrogen) atoms. The summed E-state index contributed by atoms with van der Waals surface area (Å²) in [4.78, 5) is 20.9. The van der Waals surface area contributed by atoms with E-state index in [1.807, 2.05) is 23.1 Å². The molecule has 1 aliphatic rings. The van der Waals surface area contributed by atoms with Crippen LogP contribution in [0.4, 0.5) is 24.8 Å². The number of aromatic nitrogens is 4. The van der Waals surface area contributed by atoms with Gasteiger partial charge in [-0.1, -0.05) is 12.1 Å². The maximum absolute atomic E-state index is 12.3. The zero-order chi connectivity index (χ0) is 25.0. The zero-order valence-corrected chi connectivity index (χ0v) is 19.0. The molecule has 0 saturated heterocycles. The number of amides is 1. The molecule has 8 nitrogen and oxygen atoms in total. The minimum Gasteiger partial charge on any atom is -0.343 e. The molecule has 11 heteroatoms. The van der Waals surface area contributed by atoms with Gasteiger partial charge in [0.25, 0.3) is 5.91 Å². The van der Waals surface area contributed by atoms with Crippen molar-refractivity contribution < 1.29 is 18.0 Å². The molecule has 2 aromatic heterocycles. The lowest BCUT2D eigenvalue weighted by Crippen LogP contribution is -2.33. The summed E-state index contributed by atoms with van der Waals surface area (Å²) in [7, 11) is 0. The Morgan fingerprint density at radius 1 is 1.17 bits per heavy atom. The van der Waals surface area contributed by atoms with Gasteiger partial charge in [-0.25, -0.2) is 9.97 Å². The quantitative estimate of drug-likeness (QED) is 0.514. The third kappa shape index (κ3) is 6.15. The van der Waals surface area contributed by atoms with Crippen LogP contribution in [0.15, 0.2) is 42.9 Å². The van der Waals surface area contributed by atoms with E-state index in [0.717, 1.165) is 36.9 Å². The second kappa shape index (κ2) is 10.1. The lowest BCUT2D eigenvalue weighted by Gasteiger charge is -2.24. The summed E-state index contributed by atoms with van der Waals surface area (Å²) in [5.74, 6) is -0.304. The maximum Gasteiger partial charge on any atom is 0.405 e. The molecule has 2 N–H and O–H groups in total. The van der Waals surface area contributed by atoms with Crippen molar-refractivity contribution in [1.82, 2.24) is 25.1 Å². The van der Waals surface area contributed by atoms with Crippen molar-refractivity contribution in [3.8, 4) is 17.3 Å². The van der Waals surface area contributed by atoms with Crippen LogP contribution in [0, 0.1) is 24.2 Å². The predicted molar refractivity (Wildman–Crippen MR) is 123 cm³/mol. The van der Waals surface area contributed by atoms with Gasteiger partial charge in [0.2, 0.25) is 5.95 Å². The first-order chi connectivity index (χ1) is 16.7. The standard InChI is InChI=1S/C24H24F3N7O/c1-15-11-29-23(32-19-12-31-34(13-19)20-8-2-16(10-28)3-9-20)33-21(15)17-4-6-18(7-5-17)22(35)30-14-24(25,26)27/h4-7,11-13,16,20H,2-3,8-9,14H2,1H3,(H,30,35)(H,29,32,33)/t16-,20-. The van der Waals surface area contributed by atoms with Crippen LogP contribution in [0.3, 0.4) is 0 Å². The Hall–Kier alpha value is -3.94. The average Bonchev–Trinajstić information content (AvgIpc) is 3.32. The predicted octanol–water partition coefficient (Wildman–Crippen LogP) is 4.94. The van der Waals surface area contributed by atoms with E-state index in [0.29, 0.717) is 17.2 Å². The molecule has 0 bridgehead atoms. The van der Waals surface area contributed by atoms with Gasteiger partial charge >= 0.3 is 6.18 Å². The van der Waals surface area contributed by atoms with Crippen molar-refractivity contribution in [1.29, 1.82) is 5.26 Å². The topological polar surface area (TPSA) is 109 Å². The highest BCUT2D eigenvalue weighted by atomic mass is 19.4. The van der Waals surface area contributed by atoms with Crippen LogP contribution in [0.5, 0.6) is 0 Å². The molecule has 182 valence electrons. The minimum atomic E-state index is -4.47. The van der Waals surface area contributed by atoms with E-state index in [2.05, 4.69) is 26.5 Å².